The summed E-state index contributed by atoms with van der Waals surface area (Å²) in [4.78, 5) is 0. The lowest BCUT2D eigenvalue weighted by molar-refractivity contribution is 0.355. The molecule has 1 aromatic carbocycles. The minimum absolute atomic E-state index is 0.311. The average molecular weight is 279 g/mol. The van der Waals surface area contributed by atoms with Crippen LogP contribution in [-0.4, -0.2) is 24.6 Å². The first-order valence-electron chi connectivity index (χ1n) is 7.63. The molecule has 0 aliphatic carbocycles. The van der Waals surface area contributed by atoms with E-state index in [2.05, 4.69) is 68.2 Å². The number of hydrogen-bond acceptors (Lipinski definition) is 2. The molecule has 19 heavy (non-hydrogen) atoms. The molecule has 0 radical (unpaired) electrons. The van der Waals surface area contributed by atoms with Crippen LogP contribution in [0, 0.1) is 0 Å². The van der Waals surface area contributed by atoms with Gasteiger partial charge in [-0.25, -0.2) is 0 Å². The Morgan fingerprint density at radius 3 is 2.42 bits per heavy atom. The van der Waals surface area contributed by atoms with E-state index in [1.165, 1.54) is 36.3 Å². The third-order valence-electron chi connectivity index (χ3n) is 3.92. The van der Waals surface area contributed by atoms with E-state index in [4.69, 9.17) is 0 Å². The van der Waals surface area contributed by atoms with Crippen molar-refractivity contribution in [3.63, 3.8) is 0 Å². The van der Waals surface area contributed by atoms with Gasteiger partial charge in [0.1, 0.15) is 0 Å². The van der Waals surface area contributed by atoms with Crippen LogP contribution in [0.3, 0.4) is 0 Å². The van der Waals surface area contributed by atoms with Crippen LogP contribution in [0.5, 0.6) is 0 Å². The predicted molar refractivity (Wildman–Crippen MR) is 89.2 cm³/mol. The normalized spacial score (nSPS) is 14.3. The summed E-state index contributed by atoms with van der Waals surface area (Å²) in [6.07, 6.45) is 3.81. The van der Waals surface area contributed by atoms with Gasteiger partial charge in [-0.3, -0.25) is 0 Å². The van der Waals surface area contributed by atoms with Crippen LogP contribution >= 0.6 is 11.8 Å². The lowest BCUT2D eigenvalue weighted by atomic mass is 9.74. The molecular formula is C17H29NS. The van der Waals surface area contributed by atoms with E-state index in [1.807, 2.05) is 0 Å². The standard InChI is InChI=1S/C17H29NS/c1-4-17(15-18-5-2,13-10-14-19-6-3)16-11-8-7-9-12-16/h7-9,11-12,18H,4-6,10,13-15H2,1-3H3. The largest absolute Gasteiger partial charge is 0.316 e. The van der Waals surface area contributed by atoms with Crippen LogP contribution in [0.15, 0.2) is 30.3 Å². The molecule has 1 atom stereocenters. The van der Waals surface area contributed by atoms with E-state index in [0.717, 1.165) is 13.1 Å². The molecule has 1 nitrogen and oxygen atoms in total. The second kappa shape index (κ2) is 9.44. The SMILES string of the molecule is CCNCC(CC)(CCCSCC)c1ccccc1. The van der Waals surface area contributed by atoms with Crippen molar-refractivity contribution in [3.05, 3.63) is 35.9 Å². The Balaban J connectivity index is 2.75. The number of thioether (sulfide) groups is 1. The number of nitrogens with one attached hydrogen (secondary N) is 1. The summed E-state index contributed by atoms with van der Waals surface area (Å²) < 4.78 is 0. The fourth-order valence-corrected chi connectivity index (χ4v) is 3.29. The van der Waals surface area contributed by atoms with Crippen molar-refractivity contribution in [3.8, 4) is 0 Å². The Morgan fingerprint density at radius 2 is 1.84 bits per heavy atom. The molecule has 0 saturated heterocycles. The van der Waals surface area contributed by atoms with Crippen LogP contribution < -0.4 is 5.32 Å². The van der Waals surface area contributed by atoms with Gasteiger partial charge in [-0.05, 0) is 42.9 Å². The second-order valence-corrected chi connectivity index (χ2v) is 6.47. The quantitative estimate of drug-likeness (QED) is 0.634. The predicted octanol–water partition coefficient (Wildman–Crippen LogP) is 4.48. The Kier molecular flexibility index (Phi) is 8.24. The van der Waals surface area contributed by atoms with Crippen molar-refractivity contribution in [2.45, 2.75) is 45.4 Å². The summed E-state index contributed by atoms with van der Waals surface area (Å²) in [5.41, 5.74) is 1.81. The number of rotatable bonds is 10. The Bertz CT molecular complexity index is 325. The van der Waals surface area contributed by atoms with E-state index in [9.17, 15) is 0 Å². The fourth-order valence-electron chi connectivity index (χ4n) is 2.65. The van der Waals surface area contributed by atoms with Gasteiger partial charge < -0.3 is 5.32 Å². The molecule has 0 heterocycles. The summed E-state index contributed by atoms with van der Waals surface area (Å²) in [7, 11) is 0. The van der Waals surface area contributed by atoms with Gasteiger partial charge in [0.2, 0.25) is 0 Å². The first kappa shape index (κ1) is 16.6. The maximum Gasteiger partial charge on any atom is 0.00754 e. The maximum absolute atomic E-state index is 3.57. The zero-order valence-corrected chi connectivity index (χ0v) is 13.6. The number of likely N-dealkylation sites (N-methyl/N-ethyl adjacent to an activating group) is 1. The first-order valence-corrected chi connectivity index (χ1v) is 8.78. The highest BCUT2D eigenvalue weighted by molar-refractivity contribution is 7.99. The zero-order valence-electron chi connectivity index (χ0n) is 12.7. The zero-order chi connectivity index (χ0) is 14.0. The van der Waals surface area contributed by atoms with E-state index in [-0.39, 0.29) is 0 Å². The molecule has 1 N–H and O–H groups in total. The van der Waals surface area contributed by atoms with Gasteiger partial charge in [0.15, 0.2) is 0 Å². The lowest BCUT2D eigenvalue weighted by Crippen LogP contribution is -2.38. The molecule has 1 rings (SSSR count). The van der Waals surface area contributed by atoms with Crippen LogP contribution in [0.2, 0.25) is 0 Å². The van der Waals surface area contributed by atoms with Crippen molar-refractivity contribution in [1.82, 2.24) is 5.32 Å². The molecule has 0 aliphatic rings. The third-order valence-corrected chi connectivity index (χ3v) is 4.91. The maximum atomic E-state index is 3.57. The molecule has 0 amide bonds. The number of benzene rings is 1. The summed E-state index contributed by atoms with van der Waals surface area (Å²) in [6.45, 7) is 8.92. The molecule has 0 aliphatic heterocycles. The minimum Gasteiger partial charge on any atom is -0.316 e. The van der Waals surface area contributed by atoms with Crippen LogP contribution in [0.4, 0.5) is 0 Å². The molecule has 2 heteroatoms. The molecule has 0 fully saturated rings. The third kappa shape index (κ3) is 5.19. The molecule has 1 unspecified atom stereocenters. The van der Waals surface area contributed by atoms with E-state index in [1.54, 1.807) is 0 Å². The van der Waals surface area contributed by atoms with Crippen molar-refractivity contribution in [2.24, 2.45) is 0 Å². The molecule has 0 bridgehead atoms. The van der Waals surface area contributed by atoms with Gasteiger partial charge in [0, 0.05) is 12.0 Å². The van der Waals surface area contributed by atoms with Crippen LogP contribution in [0.25, 0.3) is 0 Å². The van der Waals surface area contributed by atoms with E-state index < -0.39 is 0 Å². The highest BCUT2D eigenvalue weighted by atomic mass is 32.2. The molecule has 0 saturated carbocycles. The fraction of sp³-hybridized carbons (Fsp3) is 0.647. The Hall–Kier alpha value is -0.470. The second-order valence-electron chi connectivity index (χ2n) is 5.08. The highest BCUT2D eigenvalue weighted by Gasteiger charge is 2.29. The van der Waals surface area contributed by atoms with Gasteiger partial charge in [-0.1, -0.05) is 51.1 Å². The average Bonchev–Trinajstić information content (AvgIpc) is 2.48. The summed E-state index contributed by atoms with van der Waals surface area (Å²) in [5, 5.41) is 3.57. The van der Waals surface area contributed by atoms with Crippen molar-refractivity contribution < 1.29 is 0 Å². The lowest BCUT2D eigenvalue weighted by Gasteiger charge is -2.34. The van der Waals surface area contributed by atoms with Gasteiger partial charge in [-0.15, -0.1) is 0 Å². The van der Waals surface area contributed by atoms with Crippen molar-refractivity contribution in [1.29, 1.82) is 0 Å². The van der Waals surface area contributed by atoms with Crippen molar-refractivity contribution in [2.75, 3.05) is 24.6 Å². The first-order chi connectivity index (χ1) is 9.29. The van der Waals surface area contributed by atoms with E-state index >= 15 is 0 Å². The van der Waals surface area contributed by atoms with Gasteiger partial charge in [-0.2, -0.15) is 11.8 Å². The van der Waals surface area contributed by atoms with Gasteiger partial charge in [0.25, 0.3) is 0 Å². The monoisotopic (exact) mass is 279 g/mol. The molecule has 108 valence electrons. The van der Waals surface area contributed by atoms with Crippen molar-refractivity contribution >= 4 is 11.8 Å². The Morgan fingerprint density at radius 1 is 1.11 bits per heavy atom. The smallest absolute Gasteiger partial charge is 0.00754 e. The van der Waals surface area contributed by atoms with Crippen LogP contribution in [0.1, 0.15) is 45.6 Å². The molecule has 0 spiro atoms. The van der Waals surface area contributed by atoms with Crippen LogP contribution in [-0.2, 0) is 5.41 Å². The van der Waals surface area contributed by atoms with Gasteiger partial charge >= 0.3 is 0 Å². The summed E-state index contributed by atoms with van der Waals surface area (Å²) >= 11 is 2.06. The summed E-state index contributed by atoms with van der Waals surface area (Å²) in [5.74, 6) is 2.52. The topological polar surface area (TPSA) is 12.0 Å². The van der Waals surface area contributed by atoms with E-state index in [0.29, 0.717) is 5.41 Å². The summed E-state index contributed by atoms with van der Waals surface area (Å²) in [6, 6.07) is 11.1. The minimum atomic E-state index is 0.311. The molecular weight excluding hydrogens is 250 g/mol. The van der Waals surface area contributed by atoms with Gasteiger partial charge in [0.05, 0.1) is 0 Å². The number of hydrogen-bond donors (Lipinski definition) is 1. The molecule has 1 aromatic rings. The Labute approximate surface area is 123 Å². The highest BCUT2D eigenvalue weighted by Crippen LogP contribution is 2.33. The molecule has 0 aromatic heterocycles.